The molecular weight excluding hydrogens is 146 g/mol. The number of nitrogens with zero attached hydrogens (tertiary/aromatic N) is 1. The summed E-state index contributed by atoms with van der Waals surface area (Å²) in [5, 5.41) is 0. The van der Waals surface area contributed by atoms with E-state index < -0.39 is 0 Å². The van der Waals surface area contributed by atoms with Gasteiger partial charge in [0, 0.05) is 11.9 Å². The van der Waals surface area contributed by atoms with Crippen LogP contribution in [0.25, 0.3) is 5.57 Å². The van der Waals surface area contributed by atoms with E-state index in [9.17, 15) is 0 Å². The summed E-state index contributed by atoms with van der Waals surface area (Å²) in [4.78, 5) is 4.21. The van der Waals surface area contributed by atoms with E-state index in [2.05, 4.69) is 31.5 Å². The Bertz CT molecular complexity index is 300. The lowest BCUT2D eigenvalue weighted by Gasteiger charge is -2.06. The van der Waals surface area contributed by atoms with Gasteiger partial charge in [-0.15, -0.1) is 0 Å². The zero-order valence-electron chi connectivity index (χ0n) is 8.02. The molecule has 0 amide bonds. The molecule has 1 nitrogen and oxygen atoms in total. The van der Waals surface area contributed by atoms with Crippen LogP contribution in [0.15, 0.2) is 18.8 Å². The van der Waals surface area contributed by atoms with Gasteiger partial charge in [0.15, 0.2) is 0 Å². The van der Waals surface area contributed by atoms with Crippen LogP contribution >= 0.6 is 0 Å². The molecule has 0 spiro atoms. The molecule has 0 saturated heterocycles. The minimum absolute atomic E-state index is 1.00. The monoisotopic (exact) mass is 161 g/mol. The molecule has 0 saturated carbocycles. The molecule has 0 fully saturated rings. The molecule has 1 heteroatoms. The largest absolute Gasteiger partial charge is 0.261 e. The Hall–Kier alpha value is -1.11. The number of pyridine rings is 1. The molecule has 0 aliphatic heterocycles. The topological polar surface area (TPSA) is 12.9 Å². The fourth-order valence-electron chi connectivity index (χ4n) is 1.20. The molecule has 64 valence electrons. The van der Waals surface area contributed by atoms with Crippen LogP contribution in [0, 0.1) is 13.8 Å². The van der Waals surface area contributed by atoms with Crippen LogP contribution in [0.1, 0.15) is 30.2 Å². The van der Waals surface area contributed by atoms with Crippen LogP contribution < -0.4 is 0 Å². The van der Waals surface area contributed by atoms with E-state index in [1.807, 2.05) is 13.1 Å². The number of rotatable bonds is 2. The van der Waals surface area contributed by atoms with Crippen LogP contribution in [-0.2, 0) is 0 Å². The molecule has 0 aromatic carbocycles. The first-order chi connectivity index (χ1) is 5.65. The summed E-state index contributed by atoms with van der Waals surface area (Å²) in [5.41, 5.74) is 4.72. The average Bonchev–Trinajstić information content (AvgIpc) is 2.08. The van der Waals surface area contributed by atoms with Crippen molar-refractivity contribution in [1.82, 2.24) is 4.98 Å². The summed E-state index contributed by atoms with van der Waals surface area (Å²) >= 11 is 0. The fraction of sp³-hybridized carbons (Fsp3) is 0.364. The fourth-order valence-corrected chi connectivity index (χ4v) is 1.20. The minimum Gasteiger partial charge on any atom is -0.261 e. The van der Waals surface area contributed by atoms with Crippen molar-refractivity contribution in [2.45, 2.75) is 27.2 Å². The molecule has 0 unspecified atom stereocenters. The zero-order valence-corrected chi connectivity index (χ0v) is 8.02. The standard InChI is InChI=1S/C11H15N/c1-5-8(2)11-6-10(4)12-7-9(11)3/h6-7H,2,5H2,1,3-4H3. The summed E-state index contributed by atoms with van der Waals surface area (Å²) in [5.74, 6) is 0. The molecule has 0 N–H and O–H groups in total. The molecule has 0 aliphatic rings. The minimum atomic E-state index is 1.00. The van der Waals surface area contributed by atoms with Crippen molar-refractivity contribution in [1.29, 1.82) is 0 Å². The molecule has 0 radical (unpaired) electrons. The highest BCUT2D eigenvalue weighted by Gasteiger charge is 2.01. The Morgan fingerprint density at radius 3 is 2.75 bits per heavy atom. The van der Waals surface area contributed by atoms with Gasteiger partial charge in [0.05, 0.1) is 0 Å². The van der Waals surface area contributed by atoms with Crippen LogP contribution in [-0.4, -0.2) is 4.98 Å². The Morgan fingerprint density at radius 2 is 2.17 bits per heavy atom. The van der Waals surface area contributed by atoms with E-state index in [1.54, 1.807) is 0 Å². The van der Waals surface area contributed by atoms with E-state index in [0.29, 0.717) is 0 Å². The number of aromatic nitrogens is 1. The molecule has 0 atom stereocenters. The average molecular weight is 161 g/mol. The smallest absolute Gasteiger partial charge is 0.0378 e. The van der Waals surface area contributed by atoms with E-state index in [4.69, 9.17) is 0 Å². The molecule has 0 aliphatic carbocycles. The van der Waals surface area contributed by atoms with Gasteiger partial charge in [-0.25, -0.2) is 0 Å². The summed E-state index contributed by atoms with van der Waals surface area (Å²) in [6.45, 7) is 10.2. The third-order valence-corrected chi connectivity index (χ3v) is 2.05. The van der Waals surface area contributed by atoms with E-state index >= 15 is 0 Å². The molecule has 1 rings (SSSR count). The second-order valence-corrected chi connectivity index (χ2v) is 3.10. The van der Waals surface area contributed by atoms with Gasteiger partial charge in [0.1, 0.15) is 0 Å². The van der Waals surface area contributed by atoms with Gasteiger partial charge in [-0.1, -0.05) is 13.5 Å². The van der Waals surface area contributed by atoms with Crippen molar-refractivity contribution in [3.05, 3.63) is 35.7 Å². The van der Waals surface area contributed by atoms with Crippen LogP contribution in [0.4, 0.5) is 0 Å². The highest BCUT2D eigenvalue weighted by atomic mass is 14.7. The number of aryl methyl sites for hydroxylation is 2. The molecule has 12 heavy (non-hydrogen) atoms. The first-order valence-electron chi connectivity index (χ1n) is 4.26. The third kappa shape index (κ3) is 1.73. The van der Waals surface area contributed by atoms with E-state index in [1.165, 1.54) is 16.7 Å². The molecule has 1 heterocycles. The van der Waals surface area contributed by atoms with Crippen LogP contribution in [0.2, 0.25) is 0 Å². The molecule has 1 aromatic rings. The normalized spacial score (nSPS) is 9.92. The van der Waals surface area contributed by atoms with Gasteiger partial charge < -0.3 is 0 Å². The Kier molecular flexibility index (Phi) is 2.64. The Balaban J connectivity index is 3.13. The quantitative estimate of drug-likeness (QED) is 0.649. The lowest BCUT2D eigenvalue weighted by molar-refractivity contribution is 1.14. The van der Waals surface area contributed by atoms with Crippen molar-refractivity contribution >= 4 is 5.57 Å². The van der Waals surface area contributed by atoms with Gasteiger partial charge in [0.25, 0.3) is 0 Å². The highest BCUT2D eigenvalue weighted by Crippen LogP contribution is 2.19. The second kappa shape index (κ2) is 3.53. The van der Waals surface area contributed by atoms with Crippen molar-refractivity contribution in [3.63, 3.8) is 0 Å². The van der Waals surface area contributed by atoms with E-state index in [-0.39, 0.29) is 0 Å². The Labute approximate surface area is 74.2 Å². The van der Waals surface area contributed by atoms with Gasteiger partial charge >= 0.3 is 0 Å². The van der Waals surface area contributed by atoms with Gasteiger partial charge in [-0.2, -0.15) is 0 Å². The predicted octanol–water partition coefficient (Wildman–Crippen LogP) is 3.12. The summed E-state index contributed by atoms with van der Waals surface area (Å²) in [7, 11) is 0. The first kappa shape index (κ1) is 8.98. The highest BCUT2D eigenvalue weighted by molar-refractivity contribution is 5.65. The van der Waals surface area contributed by atoms with Gasteiger partial charge in [-0.05, 0) is 43.0 Å². The molecule has 1 aromatic heterocycles. The van der Waals surface area contributed by atoms with Crippen molar-refractivity contribution in [3.8, 4) is 0 Å². The molecule has 0 bridgehead atoms. The maximum atomic E-state index is 4.21. The molecular formula is C11H15N. The predicted molar refractivity (Wildman–Crippen MR) is 53.0 cm³/mol. The van der Waals surface area contributed by atoms with Crippen LogP contribution in [0.3, 0.4) is 0 Å². The summed E-state index contributed by atoms with van der Waals surface area (Å²) in [6, 6.07) is 2.10. The second-order valence-electron chi connectivity index (χ2n) is 3.10. The van der Waals surface area contributed by atoms with Crippen LogP contribution in [0.5, 0.6) is 0 Å². The number of hydrogen-bond acceptors (Lipinski definition) is 1. The SMILES string of the molecule is C=C(CC)c1cc(C)ncc1C. The maximum Gasteiger partial charge on any atom is 0.0378 e. The van der Waals surface area contributed by atoms with Gasteiger partial charge in [-0.3, -0.25) is 4.98 Å². The first-order valence-corrected chi connectivity index (χ1v) is 4.26. The Morgan fingerprint density at radius 1 is 1.50 bits per heavy atom. The van der Waals surface area contributed by atoms with Crippen molar-refractivity contribution in [2.24, 2.45) is 0 Å². The van der Waals surface area contributed by atoms with Crippen molar-refractivity contribution in [2.75, 3.05) is 0 Å². The summed E-state index contributed by atoms with van der Waals surface area (Å²) < 4.78 is 0. The third-order valence-electron chi connectivity index (χ3n) is 2.05. The maximum absolute atomic E-state index is 4.21. The van der Waals surface area contributed by atoms with E-state index in [0.717, 1.165) is 12.1 Å². The number of hydrogen-bond donors (Lipinski definition) is 0. The zero-order chi connectivity index (χ0) is 9.14. The summed E-state index contributed by atoms with van der Waals surface area (Å²) in [6.07, 6.45) is 2.91. The number of allylic oxidation sites excluding steroid dienone is 1. The van der Waals surface area contributed by atoms with Gasteiger partial charge in [0.2, 0.25) is 0 Å². The lowest BCUT2D eigenvalue weighted by atomic mass is 10.0. The van der Waals surface area contributed by atoms with Crippen molar-refractivity contribution < 1.29 is 0 Å². The lowest BCUT2D eigenvalue weighted by Crippen LogP contribution is -1.90.